The maximum Gasteiger partial charge on any atom is 0.265 e. The van der Waals surface area contributed by atoms with Crippen molar-refractivity contribution in [3.63, 3.8) is 0 Å². The molecule has 0 bridgehead atoms. The van der Waals surface area contributed by atoms with Crippen LogP contribution in [-0.2, 0) is 14.3 Å². The molecule has 0 aliphatic carbocycles. The summed E-state index contributed by atoms with van der Waals surface area (Å²) in [5, 5.41) is 2.81. The van der Waals surface area contributed by atoms with Crippen molar-refractivity contribution in [2.75, 3.05) is 31.2 Å². The molecule has 0 atom stereocenters. The lowest BCUT2D eigenvalue weighted by molar-refractivity contribution is -0.122. The van der Waals surface area contributed by atoms with Crippen LogP contribution < -0.4 is 10.2 Å². The zero-order valence-corrected chi connectivity index (χ0v) is 17.0. The second-order valence-corrected chi connectivity index (χ2v) is 7.48. The molecule has 3 rings (SSSR count). The predicted molar refractivity (Wildman–Crippen MR) is 113 cm³/mol. The van der Waals surface area contributed by atoms with E-state index in [9.17, 15) is 14.0 Å². The average Bonchev–Trinajstić information content (AvgIpc) is 2.72. The molecule has 0 saturated carbocycles. The SMILES string of the molecule is CCOCCCNC(=O)CN1C(=O)C(=Cc2ccccc2F)Sc2ccccc21. The number of ether oxygens (including phenoxy) is 1. The first kappa shape index (κ1) is 21.1. The van der Waals surface area contributed by atoms with Crippen LogP contribution in [0.2, 0.25) is 0 Å². The Balaban J connectivity index is 1.77. The van der Waals surface area contributed by atoms with Crippen LogP contribution in [-0.4, -0.2) is 38.1 Å². The van der Waals surface area contributed by atoms with Gasteiger partial charge in [-0.2, -0.15) is 0 Å². The summed E-state index contributed by atoms with van der Waals surface area (Å²) < 4.78 is 19.3. The third-order valence-corrected chi connectivity index (χ3v) is 5.39. The Hall–Kier alpha value is -2.64. The van der Waals surface area contributed by atoms with Crippen LogP contribution in [0.15, 0.2) is 58.3 Å². The fourth-order valence-corrected chi connectivity index (χ4v) is 3.95. The van der Waals surface area contributed by atoms with Gasteiger partial charge in [-0.25, -0.2) is 4.39 Å². The van der Waals surface area contributed by atoms with Crippen molar-refractivity contribution in [2.45, 2.75) is 18.2 Å². The molecular formula is C22H23FN2O3S. The third kappa shape index (κ3) is 5.46. The van der Waals surface area contributed by atoms with Gasteiger partial charge in [0, 0.05) is 30.2 Å². The average molecular weight is 415 g/mol. The monoisotopic (exact) mass is 414 g/mol. The first-order valence-electron chi connectivity index (χ1n) is 9.49. The van der Waals surface area contributed by atoms with Gasteiger partial charge in [0.05, 0.1) is 10.6 Å². The Morgan fingerprint density at radius 3 is 2.76 bits per heavy atom. The number of para-hydroxylation sites is 1. The van der Waals surface area contributed by atoms with Crippen LogP contribution in [0, 0.1) is 5.82 Å². The molecule has 152 valence electrons. The van der Waals surface area contributed by atoms with Crippen molar-refractivity contribution in [1.82, 2.24) is 5.32 Å². The van der Waals surface area contributed by atoms with Crippen molar-refractivity contribution < 1.29 is 18.7 Å². The lowest BCUT2D eigenvalue weighted by atomic mass is 10.2. The van der Waals surface area contributed by atoms with Gasteiger partial charge >= 0.3 is 0 Å². The molecule has 29 heavy (non-hydrogen) atoms. The molecule has 1 aliphatic heterocycles. The van der Waals surface area contributed by atoms with Crippen LogP contribution >= 0.6 is 11.8 Å². The summed E-state index contributed by atoms with van der Waals surface area (Å²) in [7, 11) is 0. The Bertz CT molecular complexity index is 916. The lowest BCUT2D eigenvalue weighted by Gasteiger charge is -2.29. The topological polar surface area (TPSA) is 58.6 Å². The van der Waals surface area contributed by atoms with E-state index in [1.807, 2.05) is 31.2 Å². The number of amides is 2. The van der Waals surface area contributed by atoms with Gasteiger partial charge in [-0.15, -0.1) is 0 Å². The molecule has 7 heteroatoms. The van der Waals surface area contributed by atoms with Crippen molar-refractivity contribution >= 4 is 35.3 Å². The van der Waals surface area contributed by atoms with Crippen molar-refractivity contribution in [2.24, 2.45) is 0 Å². The zero-order valence-electron chi connectivity index (χ0n) is 16.2. The van der Waals surface area contributed by atoms with E-state index in [0.717, 1.165) is 4.90 Å². The van der Waals surface area contributed by atoms with E-state index in [1.54, 1.807) is 18.2 Å². The van der Waals surface area contributed by atoms with E-state index in [4.69, 9.17) is 4.74 Å². The first-order chi connectivity index (χ1) is 14.1. The van der Waals surface area contributed by atoms with E-state index in [0.29, 0.717) is 42.3 Å². The number of thioether (sulfide) groups is 1. The number of hydrogen-bond donors (Lipinski definition) is 1. The van der Waals surface area contributed by atoms with Crippen molar-refractivity contribution in [1.29, 1.82) is 0 Å². The van der Waals surface area contributed by atoms with E-state index >= 15 is 0 Å². The van der Waals surface area contributed by atoms with E-state index in [-0.39, 0.29) is 18.4 Å². The van der Waals surface area contributed by atoms with Crippen LogP contribution in [0.25, 0.3) is 6.08 Å². The molecule has 1 N–H and O–H groups in total. The molecule has 0 saturated heterocycles. The summed E-state index contributed by atoms with van der Waals surface area (Å²) in [6, 6.07) is 13.7. The molecule has 2 aromatic rings. The molecule has 5 nitrogen and oxygen atoms in total. The minimum atomic E-state index is -0.397. The largest absolute Gasteiger partial charge is 0.382 e. The van der Waals surface area contributed by atoms with E-state index < -0.39 is 5.82 Å². The van der Waals surface area contributed by atoms with Gasteiger partial charge in [0.1, 0.15) is 12.4 Å². The van der Waals surface area contributed by atoms with Gasteiger partial charge in [0.25, 0.3) is 5.91 Å². The Kier molecular flexibility index (Phi) is 7.43. The number of nitrogens with zero attached hydrogens (tertiary/aromatic N) is 1. The number of nitrogens with one attached hydrogen (secondary N) is 1. The molecule has 1 heterocycles. The molecule has 0 fully saturated rings. The lowest BCUT2D eigenvalue weighted by Crippen LogP contribution is -2.43. The smallest absolute Gasteiger partial charge is 0.265 e. The molecule has 1 aliphatic rings. The Morgan fingerprint density at radius 2 is 1.97 bits per heavy atom. The molecule has 0 aromatic heterocycles. The van der Waals surface area contributed by atoms with Crippen molar-refractivity contribution in [3.05, 3.63) is 64.8 Å². The number of hydrogen-bond acceptors (Lipinski definition) is 4. The highest BCUT2D eigenvalue weighted by molar-refractivity contribution is 8.04. The van der Waals surface area contributed by atoms with Gasteiger partial charge in [0.2, 0.25) is 5.91 Å². The van der Waals surface area contributed by atoms with E-state index in [1.165, 1.54) is 28.8 Å². The van der Waals surface area contributed by atoms with Gasteiger partial charge in [-0.1, -0.05) is 42.1 Å². The number of anilines is 1. The van der Waals surface area contributed by atoms with E-state index in [2.05, 4.69) is 5.32 Å². The quantitative estimate of drug-likeness (QED) is 0.527. The van der Waals surface area contributed by atoms with Gasteiger partial charge < -0.3 is 10.1 Å². The maximum atomic E-state index is 14.0. The van der Waals surface area contributed by atoms with Crippen molar-refractivity contribution in [3.8, 4) is 0 Å². The maximum absolute atomic E-state index is 14.0. The third-order valence-electron chi connectivity index (χ3n) is 4.32. The number of fused-ring (bicyclic) bond motifs is 1. The molecule has 2 aromatic carbocycles. The van der Waals surface area contributed by atoms with Crippen LogP contribution in [0.1, 0.15) is 18.9 Å². The summed E-state index contributed by atoms with van der Waals surface area (Å²) in [6.07, 6.45) is 2.24. The van der Waals surface area contributed by atoms with Gasteiger partial charge in [-0.3, -0.25) is 14.5 Å². The van der Waals surface area contributed by atoms with Crippen LogP contribution in [0.3, 0.4) is 0 Å². The van der Waals surface area contributed by atoms with Crippen LogP contribution in [0.4, 0.5) is 10.1 Å². The summed E-state index contributed by atoms with van der Waals surface area (Å²) in [5.41, 5.74) is 1.01. The highest BCUT2D eigenvalue weighted by Gasteiger charge is 2.30. The highest BCUT2D eigenvalue weighted by Crippen LogP contribution is 2.42. The predicted octanol–water partition coefficient (Wildman–Crippen LogP) is 3.85. The molecular weight excluding hydrogens is 391 g/mol. The summed E-state index contributed by atoms with van der Waals surface area (Å²) in [4.78, 5) is 28.1. The standard InChI is InChI=1S/C22H23FN2O3S/c1-2-28-13-7-12-24-21(26)15-25-18-10-5-6-11-19(18)29-20(22(25)27)14-16-8-3-4-9-17(16)23/h3-6,8-11,14H,2,7,12-13,15H2,1H3,(H,24,26). The zero-order chi connectivity index (χ0) is 20.6. The fraction of sp³-hybridized carbons (Fsp3) is 0.273. The minimum Gasteiger partial charge on any atom is -0.382 e. The second-order valence-electron chi connectivity index (χ2n) is 6.39. The summed E-state index contributed by atoms with van der Waals surface area (Å²) >= 11 is 1.28. The number of halogens is 1. The summed E-state index contributed by atoms with van der Waals surface area (Å²) in [5.74, 6) is -0.964. The minimum absolute atomic E-state index is 0.0976. The molecule has 2 amide bonds. The number of rotatable bonds is 8. The number of carbonyl (C=O) groups is 2. The molecule has 0 spiro atoms. The fourth-order valence-electron chi connectivity index (χ4n) is 2.90. The Morgan fingerprint density at radius 1 is 1.21 bits per heavy atom. The first-order valence-corrected chi connectivity index (χ1v) is 10.3. The molecule has 0 radical (unpaired) electrons. The highest BCUT2D eigenvalue weighted by atomic mass is 32.2. The number of benzene rings is 2. The Labute approximate surface area is 173 Å². The van der Waals surface area contributed by atoms with Crippen LogP contribution in [0.5, 0.6) is 0 Å². The second kappa shape index (κ2) is 10.2. The number of carbonyl (C=O) groups excluding carboxylic acids is 2. The normalized spacial score (nSPS) is 14.8. The van der Waals surface area contributed by atoms with Gasteiger partial charge in [0.15, 0.2) is 0 Å². The summed E-state index contributed by atoms with van der Waals surface area (Å²) in [6.45, 7) is 3.52. The molecule has 0 unspecified atom stereocenters. The van der Waals surface area contributed by atoms with Gasteiger partial charge in [-0.05, 0) is 37.6 Å².